The highest BCUT2D eigenvalue weighted by atomic mass is 16.5. The fourth-order valence-corrected chi connectivity index (χ4v) is 3.77. The molecule has 0 spiro atoms. The molecule has 0 saturated heterocycles. The first-order valence-corrected chi connectivity index (χ1v) is 9.39. The number of ether oxygens (including phenoxy) is 1. The minimum Gasteiger partial charge on any atom is -0.469 e. The van der Waals surface area contributed by atoms with E-state index >= 15 is 0 Å². The van der Waals surface area contributed by atoms with Crippen LogP contribution < -0.4 is 0 Å². The Bertz CT molecular complexity index is 546. The average Bonchev–Trinajstić information content (AvgIpc) is 2.51. The van der Waals surface area contributed by atoms with Gasteiger partial charge in [-0.2, -0.15) is 0 Å². The Morgan fingerprint density at radius 1 is 1.16 bits per heavy atom. The Morgan fingerprint density at radius 2 is 1.76 bits per heavy atom. The number of esters is 1. The topological polar surface area (TPSA) is 43.4 Å². The largest absolute Gasteiger partial charge is 0.469 e. The van der Waals surface area contributed by atoms with Crippen LogP contribution in [0.1, 0.15) is 80.1 Å². The number of ketones is 1. The summed E-state index contributed by atoms with van der Waals surface area (Å²) < 4.78 is 4.82. The van der Waals surface area contributed by atoms with E-state index in [1.54, 1.807) is 0 Å². The monoisotopic (exact) mass is 348 g/mol. The smallest absolute Gasteiger partial charge is 0.305 e. The number of hydrogen-bond donors (Lipinski definition) is 0. The Hall–Kier alpha value is -1.38. The molecule has 1 rings (SSSR count). The maximum Gasteiger partial charge on any atom is 0.305 e. The van der Waals surface area contributed by atoms with Gasteiger partial charge in [-0.05, 0) is 64.7 Å². The zero-order chi connectivity index (χ0) is 19.3. The maximum atomic E-state index is 13.1. The maximum absolute atomic E-state index is 13.1. The minimum atomic E-state index is -0.429. The third kappa shape index (κ3) is 6.13. The second-order valence-corrected chi connectivity index (χ2v) is 8.85. The zero-order valence-corrected chi connectivity index (χ0v) is 17.2. The molecule has 1 fully saturated rings. The molecule has 0 aliphatic heterocycles. The molecular formula is C22H36O3. The number of methoxy groups -OCH3 is 1. The van der Waals surface area contributed by atoms with Crippen LogP contribution in [0, 0.1) is 16.7 Å². The van der Waals surface area contributed by atoms with Crippen LogP contribution in [-0.2, 0) is 14.3 Å². The lowest BCUT2D eigenvalue weighted by atomic mass is 9.55. The summed E-state index contributed by atoms with van der Waals surface area (Å²) >= 11 is 0. The van der Waals surface area contributed by atoms with Gasteiger partial charge in [0.05, 0.1) is 7.11 Å². The molecule has 1 aliphatic carbocycles. The first-order chi connectivity index (χ1) is 11.5. The molecule has 1 aliphatic rings. The third-order valence-electron chi connectivity index (χ3n) is 5.70. The van der Waals surface area contributed by atoms with Gasteiger partial charge >= 0.3 is 5.97 Å². The number of carbonyl (C=O) groups excluding carboxylic acids is 2. The van der Waals surface area contributed by atoms with E-state index in [0.29, 0.717) is 31.0 Å². The molecule has 0 amide bonds. The molecule has 0 heterocycles. The molecule has 0 unspecified atom stereocenters. The molecular weight excluding hydrogens is 312 g/mol. The molecule has 0 bridgehead atoms. The lowest BCUT2D eigenvalue weighted by Gasteiger charge is -2.47. The molecule has 142 valence electrons. The number of rotatable bonds is 7. The Kier molecular flexibility index (Phi) is 7.64. The average molecular weight is 349 g/mol. The summed E-state index contributed by atoms with van der Waals surface area (Å²) in [5.41, 5.74) is 2.11. The van der Waals surface area contributed by atoms with Crippen molar-refractivity contribution in [3.63, 3.8) is 0 Å². The predicted molar refractivity (Wildman–Crippen MR) is 103 cm³/mol. The lowest BCUT2D eigenvalue weighted by Crippen LogP contribution is -2.45. The molecule has 0 aromatic rings. The fourth-order valence-electron chi connectivity index (χ4n) is 3.77. The van der Waals surface area contributed by atoms with Crippen LogP contribution in [-0.4, -0.2) is 18.9 Å². The Morgan fingerprint density at radius 3 is 2.28 bits per heavy atom. The van der Waals surface area contributed by atoms with E-state index in [2.05, 4.69) is 53.7 Å². The zero-order valence-electron chi connectivity index (χ0n) is 17.2. The number of hydrogen-bond acceptors (Lipinski definition) is 3. The SMILES string of the molecule is COC(=O)CC[C@@]1(CC=C(C)C)C[C@H](CC=C(C)C)C(C)(C)CC1=O. The van der Waals surface area contributed by atoms with Crippen LogP contribution in [0.25, 0.3) is 0 Å². The molecule has 2 atom stereocenters. The van der Waals surface area contributed by atoms with Crippen molar-refractivity contribution in [2.24, 2.45) is 16.7 Å². The van der Waals surface area contributed by atoms with Gasteiger partial charge < -0.3 is 4.74 Å². The van der Waals surface area contributed by atoms with Crippen LogP contribution in [0.2, 0.25) is 0 Å². The summed E-state index contributed by atoms with van der Waals surface area (Å²) in [4.78, 5) is 24.8. The summed E-state index contributed by atoms with van der Waals surface area (Å²) in [6.07, 6.45) is 8.51. The summed E-state index contributed by atoms with van der Waals surface area (Å²) in [5, 5.41) is 0. The van der Waals surface area contributed by atoms with E-state index in [4.69, 9.17) is 4.74 Å². The molecule has 1 saturated carbocycles. The highest BCUT2D eigenvalue weighted by Crippen LogP contribution is 2.52. The second kappa shape index (κ2) is 8.82. The first-order valence-electron chi connectivity index (χ1n) is 9.39. The van der Waals surface area contributed by atoms with Crippen molar-refractivity contribution in [3.05, 3.63) is 23.3 Å². The van der Waals surface area contributed by atoms with Crippen molar-refractivity contribution in [2.75, 3.05) is 7.11 Å². The predicted octanol–water partition coefficient (Wildman–Crippen LogP) is 5.64. The summed E-state index contributed by atoms with van der Waals surface area (Å²) in [6, 6.07) is 0. The van der Waals surface area contributed by atoms with Crippen molar-refractivity contribution in [1.82, 2.24) is 0 Å². The van der Waals surface area contributed by atoms with Crippen molar-refractivity contribution < 1.29 is 14.3 Å². The summed E-state index contributed by atoms with van der Waals surface area (Å²) in [5.74, 6) is 0.533. The molecule has 3 heteroatoms. The standard InChI is InChI=1S/C22H36O3/c1-16(2)8-9-18-14-22(12-10-17(3)4,13-11-20(24)25-7)19(23)15-21(18,5)6/h8,10,18H,9,11-15H2,1-7H3/t18-,22-/m0/s1. The first kappa shape index (κ1) is 21.7. The highest BCUT2D eigenvalue weighted by molar-refractivity contribution is 5.87. The van der Waals surface area contributed by atoms with E-state index in [1.807, 2.05) is 0 Å². The van der Waals surface area contributed by atoms with Crippen molar-refractivity contribution in [1.29, 1.82) is 0 Å². The molecule has 0 radical (unpaired) electrons. The molecule has 3 nitrogen and oxygen atoms in total. The van der Waals surface area contributed by atoms with Gasteiger partial charge in [-0.1, -0.05) is 37.1 Å². The molecule has 25 heavy (non-hydrogen) atoms. The molecule has 0 aromatic carbocycles. The van der Waals surface area contributed by atoms with Gasteiger partial charge in [-0.3, -0.25) is 9.59 Å². The number of carbonyl (C=O) groups is 2. The minimum absolute atomic E-state index is 0.00275. The van der Waals surface area contributed by atoms with Gasteiger partial charge in [0.1, 0.15) is 5.78 Å². The normalized spacial score (nSPS) is 25.2. The van der Waals surface area contributed by atoms with Crippen LogP contribution >= 0.6 is 0 Å². The second-order valence-electron chi connectivity index (χ2n) is 8.85. The Labute approximate surface area is 153 Å². The number of Topliss-reactive ketones (excluding diaryl/α,β-unsaturated/α-hetero) is 1. The van der Waals surface area contributed by atoms with Gasteiger partial charge in [0.15, 0.2) is 0 Å². The third-order valence-corrected chi connectivity index (χ3v) is 5.70. The lowest BCUT2D eigenvalue weighted by molar-refractivity contribution is -0.144. The van der Waals surface area contributed by atoms with Crippen LogP contribution in [0.15, 0.2) is 23.3 Å². The van der Waals surface area contributed by atoms with Gasteiger partial charge in [0, 0.05) is 18.3 Å². The van der Waals surface area contributed by atoms with Crippen LogP contribution in [0.5, 0.6) is 0 Å². The van der Waals surface area contributed by atoms with Gasteiger partial charge in [-0.25, -0.2) is 0 Å². The highest BCUT2D eigenvalue weighted by Gasteiger charge is 2.49. The number of allylic oxidation sites excluding steroid dienone is 4. The summed E-state index contributed by atoms with van der Waals surface area (Å²) in [6.45, 7) is 12.8. The van der Waals surface area contributed by atoms with Crippen LogP contribution in [0.3, 0.4) is 0 Å². The van der Waals surface area contributed by atoms with Crippen molar-refractivity contribution in [3.8, 4) is 0 Å². The van der Waals surface area contributed by atoms with Gasteiger partial charge in [0.2, 0.25) is 0 Å². The molecule has 0 N–H and O–H groups in total. The van der Waals surface area contributed by atoms with Crippen molar-refractivity contribution in [2.45, 2.75) is 80.1 Å². The quantitative estimate of drug-likeness (QED) is 0.441. The van der Waals surface area contributed by atoms with E-state index in [-0.39, 0.29) is 11.4 Å². The van der Waals surface area contributed by atoms with Crippen molar-refractivity contribution >= 4 is 11.8 Å². The Balaban J connectivity index is 3.13. The summed E-state index contributed by atoms with van der Waals surface area (Å²) in [7, 11) is 1.41. The fraction of sp³-hybridized carbons (Fsp3) is 0.727. The van der Waals surface area contributed by atoms with E-state index in [9.17, 15) is 9.59 Å². The van der Waals surface area contributed by atoms with E-state index in [1.165, 1.54) is 18.3 Å². The molecule has 0 aromatic heterocycles. The van der Waals surface area contributed by atoms with Gasteiger partial charge in [0.25, 0.3) is 0 Å². The van der Waals surface area contributed by atoms with E-state index < -0.39 is 5.41 Å². The van der Waals surface area contributed by atoms with E-state index in [0.717, 1.165) is 19.3 Å². The van der Waals surface area contributed by atoms with Crippen LogP contribution in [0.4, 0.5) is 0 Å². The van der Waals surface area contributed by atoms with Gasteiger partial charge in [-0.15, -0.1) is 0 Å².